The maximum Gasteiger partial charge on any atom is 0.198 e. The lowest BCUT2D eigenvalue weighted by molar-refractivity contribution is 0.613. The molecule has 0 aromatic carbocycles. The summed E-state index contributed by atoms with van der Waals surface area (Å²) in [5.41, 5.74) is 2.63. The zero-order valence-electron chi connectivity index (χ0n) is 9.95. The number of halogens is 1. The maximum atomic E-state index is 6.05. The van der Waals surface area contributed by atoms with E-state index >= 15 is 0 Å². The fraction of sp³-hybridized carbons (Fsp3) is 0.545. The Labute approximate surface area is 99.7 Å². The van der Waals surface area contributed by atoms with E-state index in [1.807, 2.05) is 18.2 Å². The number of aryl methyl sites for hydroxylation is 2. The second-order valence-electron chi connectivity index (χ2n) is 4.45. The molecule has 86 valence electrons. The second-order valence-corrected chi connectivity index (χ2v) is 4.80. The van der Waals surface area contributed by atoms with Crippen molar-refractivity contribution in [3.63, 3.8) is 0 Å². The Morgan fingerprint density at radius 1 is 1.25 bits per heavy atom. The van der Waals surface area contributed by atoms with E-state index < -0.39 is 0 Å². The lowest BCUT2D eigenvalue weighted by atomic mass is 10.1. The molecule has 0 aliphatic carbocycles. The Morgan fingerprint density at radius 2 is 1.94 bits per heavy atom. The summed E-state index contributed by atoms with van der Waals surface area (Å²) in [5.74, 6) is 1.49. The summed E-state index contributed by atoms with van der Waals surface area (Å²) < 4.78 is 2.00. The van der Waals surface area contributed by atoms with Crippen LogP contribution >= 0.6 is 11.6 Å². The molecule has 16 heavy (non-hydrogen) atoms. The molecule has 2 aromatic heterocycles. The van der Waals surface area contributed by atoms with Crippen molar-refractivity contribution in [3.05, 3.63) is 22.4 Å². The third-order valence-electron chi connectivity index (χ3n) is 2.63. The molecule has 0 spiro atoms. The highest BCUT2D eigenvalue weighted by Gasteiger charge is 2.14. The van der Waals surface area contributed by atoms with E-state index in [1.165, 1.54) is 0 Å². The fourth-order valence-electron chi connectivity index (χ4n) is 1.74. The molecule has 0 fully saturated rings. The summed E-state index contributed by atoms with van der Waals surface area (Å²) in [6, 6.07) is 0. The predicted molar refractivity (Wildman–Crippen MR) is 63.8 cm³/mol. The lowest BCUT2D eigenvalue weighted by Crippen LogP contribution is -2.05. The predicted octanol–water partition coefficient (Wildman–Crippen LogP) is 2.59. The van der Waals surface area contributed by atoms with Crippen molar-refractivity contribution in [3.8, 4) is 0 Å². The summed E-state index contributed by atoms with van der Waals surface area (Å²) in [6.45, 7) is 8.27. The summed E-state index contributed by atoms with van der Waals surface area (Å²) in [5, 5.41) is 8.70. The SMILES string of the molecule is Cc1nc(Cl)c2nnc(CC(C)C)n2c1C. The quantitative estimate of drug-likeness (QED) is 0.808. The van der Waals surface area contributed by atoms with Crippen molar-refractivity contribution in [1.29, 1.82) is 0 Å². The summed E-state index contributed by atoms with van der Waals surface area (Å²) in [4.78, 5) is 4.24. The van der Waals surface area contributed by atoms with Crippen LogP contribution in [0.25, 0.3) is 5.65 Å². The molecule has 2 aromatic rings. The van der Waals surface area contributed by atoms with Gasteiger partial charge in [0, 0.05) is 12.1 Å². The fourth-order valence-corrected chi connectivity index (χ4v) is 1.99. The third-order valence-corrected chi connectivity index (χ3v) is 2.88. The van der Waals surface area contributed by atoms with Crippen molar-refractivity contribution in [2.75, 3.05) is 0 Å². The van der Waals surface area contributed by atoms with Gasteiger partial charge in [-0.25, -0.2) is 4.98 Å². The molecule has 5 heteroatoms. The number of rotatable bonds is 2. The van der Waals surface area contributed by atoms with Crippen LogP contribution < -0.4 is 0 Å². The number of aromatic nitrogens is 4. The molecule has 0 aliphatic heterocycles. The van der Waals surface area contributed by atoms with E-state index in [1.54, 1.807) is 0 Å². The third kappa shape index (κ3) is 1.78. The van der Waals surface area contributed by atoms with Gasteiger partial charge in [-0.2, -0.15) is 0 Å². The van der Waals surface area contributed by atoms with Crippen LogP contribution in [0.3, 0.4) is 0 Å². The average Bonchev–Trinajstić information content (AvgIpc) is 2.58. The molecule has 4 nitrogen and oxygen atoms in total. The van der Waals surface area contributed by atoms with E-state index in [0.29, 0.717) is 16.7 Å². The second kappa shape index (κ2) is 4.01. The first-order chi connectivity index (χ1) is 7.50. The summed E-state index contributed by atoms with van der Waals surface area (Å²) in [6.07, 6.45) is 0.891. The van der Waals surface area contributed by atoms with Gasteiger partial charge in [0.2, 0.25) is 0 Å². The van der Waals surface area contributed by atoms with Crippen LogP contribution in [0.5, 0.6) is 0 Å². The Balaban J connectivity index is 2.69. The first-order valence-electron chi connectivity index (χ1n) is 5.37. The van der Waals surface area contributed by atoms with Gasteiger partial charge in [-0.05, 0) is 19.8 Å². The van der Waals surface area contributed by atoms with Crippen LogP contribution in [0.4, 0.5) is 0 Å². The van der Waals surface area contributed by atoms with Crippen LogP contribution in [0, 0.1) is 19.8 Å². The van der Waals surface area contributed by atoms with E-state index in [-0.39, 0.29) is 0 Å². The molecule has 0 amide bonds. The molecule has 0 saturated carbocycles. The highest BCUT2D eigenvalue weighted by Crippen LogP contribution is 2.19. The molecule has 0 radical (unpaired) electrons. The maximum absolute atomic E-state index is 6.05. The first-order valence-corrected chi connectivity index (χ1v) is 5.75. The highest BCUT2D eigenvalue weighted by molar-refractivity contribution is 6.32. The monoisotopic (exact) mass is 238 g/mol. The van der Waals surface area contributed by atoms with Crippen LogP contribution in [0.15, 0.2) is 0 Å². The molecular formula is C11H15ClN4. The van der Waals surface area contributed by atoms with Crippen LogP contribution in [0.1, 0.15) is 31.1 Å². The molecule has 0 unspecified atom stereocenters. The van der Waals surface area contributed by atoms with Crippen LogP contribution in [-0.2, 0) is 6.42 Å². The molecule has 2 rings (SSSR count). The zero-order valence-corrected chi connectivity index (χ0v) is 10.7. The van der Waals surface area contributed by atoms with Crippen molar-refractivity contribution in [1.82, 2.24) is 19.6 Å². The Kier molecular flexibility index (Phi) is 2.84. The van der Waals surface area contributed by atoms with E-state index in [4.69, 9.17) is 11.6 Å². The summed E-state index contributed by atoms with van der Waals surface area (Å²) >= 11 is 6.05. The van der Waals surface area contributed by atoms with E-state index in [0.717, 1.165) is 23.6 Å². The minimum atomic E-state index is 0.422. The molecule has 2 heterocycles. The standard InChI is InChI=1S/C11H15ClN4/c1-6(2)5-9-14-15-11-10(12)13-7(3)8(4)16(9)11/h6H,5H2,1-4H3. The van der Waals surface area contributed by atoms with Gasteiger partial charge in [0.25, 0.3) is 0 Å². The smallest absolute Gasteiger partial charge is 0.198 e. The average molecular weight is 239 g/mol. The number of nitrogens with zero attached hydrogens (tertiary/aromatic N) is 4. The van der Waals surface area contributed by atoms with Gasteiger partial charge < -0.3 is 0 Å². The Hall–Kier alpha value is -1.16. The molecular weight excluding hydrogens is 224 g/mol. The van der Waals surface area contributed by atoms with Gasteiger partial charge in [0.05, 0.1) is 5.69 Å². The van der Waals surface area contributed by atoms with Crippen molar-refractivity contribution in [2.24, 2.45) is 5.92 Å². The van der Waals surface area contributed by atoms with E-state index in [2.05, 4.69) is 29.0 Å². The van der Waals surface area contributed by atoms with Gasteiger partial charge in [0.15, 0.2) is 10.8 Å². The lowest BCUT2D eigenvalue weighted by Gasteiger charge is -2.08. The molecule has 0 aliphatic rings. The van der Waals surface area contributed by atoms with Gasteiger partial charge >= 0.3 is 0 Å². The van der Waals surface area contributed by atoms with Crippen LogP contribution in [0.2, 0.25) is 5.15 Å². The number of hydrogen-bond acceptors (Lipinski definition) is 3. The number of hydrogen-bond donors (Lipinski definition) is 0. The summed E-state index contributed by atoms with van der Waals surface area (Å²) in [7, 11) is 0. The highest BCUT2D eigenvalue weighted by atomic mass is 35.5. The molecule has 0 bridgehead atoms. The Morgan fingerprint density at radius 3 is 2.56 bits per heavy atom. The largest absolute Gasteiger partial charge is 0.279 e. The molecule has 0 N–H and O–H groups in total. The first kappa shape index (κ1) is 11.3. The van der Waals surface area contributed by atoms with Gasteiger partial charge in [-0.3, -0.25) is 4.40 Å². The van der Waals surface area contributed by atoms with Crippen molar-refractivity contribution >= 4 is 17.2 Å². The minimum Gasteiger partial charge on any atom is -0.279 e. The van der Waals surface area contributed by atoms with Crippen molar-refractivity contribution in [2.45, 2.75) is 34.1 Å². The number of fused-ring (bicyclic) bond motifs is 1. The Bertz CT molecular complexity index is 530. The minimum absolute atomic E-state index is 0.422. The van der Waals surface area contributed by atoms with Gasteiger partial charge in [-0.1, -0.05) is 25.4 Å². The van der Waals surface area contributed by atoms with Crippen LogP contribution in [-0.4, -0.2) is 19.6 Å². The molecule has 0 atom stereocenters. The molecule has 0 saturated heterocycles. The normalized spacial score (nSPS) is 11.6. The topological polar surface area (TPSA) is 43.1 Å². The van der Waals surface area contributed by atoms with Crippen molar-refractivity contribution < 1.29 is 0 Å². The van der Waals surface area contributed by atoms with Gasteiger partial charge in [0.1, 0.15) is 5.82 Å². The van der Waals surface area contributed by atoms with Gasteiger partial charge in [-0.15, -0.1) is 10.2 Å². The van der Waals surface area contributed by atoms with E-state index in [9.17, 15) is 0 Å². The zero-order chi connectivity index (χ0) is 11.9.